The van der Waals surface area contributed by atoms with Crippen LogP contribution in [-0.4, -0.2) is 85.9 Å². The van der Waals surface area contributed by atoms with E-state index in [1.54, 1.807) is 30.0 Å². The highest BCUT2D eigenvalue weighted by Gasteiger charge is 2.34. The van der Waals surface area contributed by atoms with Gasteiger partial charge in [0.1, 0.15) is 17.8 Å². The van der Waals surface area contributed by atoms with Crippen LogP contribution in [0.2, 0.25) is 0 Å². The summed E-state index contributed by atoms with van der Waals surface area (Å²) in [7, 11) is -2.24. The zero-order valence-corrected chi connectivity index (χ0v) is 21.4. The molecule has 5 rings (SSSR count). The van der Waals surface area contributed by atoms with Crippen molar-refractivity contribution in [1.29, 1.82) is 0 Å². The number of aromatic nitrogens is 1. The molecule has 196 valence electrons. The predicted octanol–water partition coefficient (Wildman–Crippen LogP) is 3.61. The Kier molecular flexibility index (Phi) is 6.71. The van der Waals surface area contributed by atoms with Crippen LogP contribution in [0.15, 0.2) is 41.3 Å². The van der Waals surface area contributed by atoms with E-state index >= 15 is 8.78 Å². The topological polar surface area (TPSA) is 73.8 Å². The molecule has 1 amide bonds. The third-order valence-corrected chi connectivity index (χ3v) is 8.90. The quantitative estimate of drug-likeness (QED) is 0.514. The SMILES string of the molecule is Cc1cc(-c2c(F)cc(S(=O)(=O)N3CC[C@H](F)C3)cc2F)nc2cc(C(=O)N3CCN(C)CC3)ccc12. The molecule has 2 saturated heterocycles. The molecule has 0 spiro atoms. The van der Waals surface area contributed by atoms with Gasteiger partial charge in [0.15, 0.2) is 0 Å². The normalized spacial score (nSPS) is 19.6. The maximum Gasteiger partial charge on any atom is 0.254 e. The summed E-state index contributed by atoms with van der Waals surface area (Å²) < 4.78 is 70.4. The van der Waals surface area contributed by atoms with Gasteiger partial charge in [0.05, 0.1) is 21.7 Å². The Balaban J connectivity index is 1.51. The van der Waals surface area contributed by atoms with Crippen LogP contribution in [-0.2, 0) is 10.0 Å². The van der Waals surface area contributed by atoms with Gasteiger partial charge in [-0.05, 0) is 56.3 Å². The Hall–Kier alpha value is -3.02. The van der Waals surface area contributed by atoms with E-state index in [0.29, 0.717) is 29.7 Å². The van der Waals surface area contributed by atoms with Crippen LogP contribution >= 0.6 is 0 Å². The third-order valence-electron chi connectivity index (χ3n) is 7.06. The van der Waals surface area contributed by atoms with Crippen LogP contribution in [0.25, 0.3) is 22.2 Å². The van der Waals surface area contributed by atoms with E-state index in [-0.39, 0.29) is 31.1 Å². The van der Waals surface area contributed by atoms with Gasteiger partial charge in [-0.3, -0.25) is 4.79 Å². The molecule has 2 aliphatic rings. The van der Waals surface area contributed by atoms with Gasteiger partial charge in [0.2, 0.25) is 10.0 Å². The highest BCUT2D eigenvalue weighted by atomic mass is 32.2. The summed E-state index contributed by atoms with van der Waals surface area (Å²) in [5.41, 5.74) is 1.04. The molecule has 0 saturated carbocycles. The standard InChI is InChI=1S/C26H27F3N4O3S/c1-16-11-24(25-21(28)13-19(14-22(25)29)37(35,36)33-6-5-18(27)15-33)30-23-12-17(3-4-20(16)23)26(34)32-9-7-31(2)8-10-32/h3-4,11-14,18H,5-10,15H2,1-2H3/t18-/m0/s1. The molecule has 3 heterocycles. The van der Waals surface area contributed by atoms with Gasteiger partial charge in [-0.15, -0.1) is 0 Å². The number of likely N-dealkylation sites (N-methyl/N-ethyl adjacent to an activating group) is 1. The van der Waals surface area contributed by atoms with E-state index < -0.39 is 38.3 Å². The number of piperazine rings is 1. The molecule has 2 fully saturated rings. The minimum absolute atomic E-state index is 0.0156. The first-order chi connectivity index (χ1) is 17.5. The van der Waals surface area contributed by atoms with Crippen LogP contribution in [0.4, 0.5) is 13.2 Å². The summed E-state index contributed by atoms with van der Waals surface area (Å²) in [6.45, 7) is 4.15. The maximum absolute atomic E-state index is 15.2. The van der Waals surface area contributed by atoms with Gasteiger partial charge in [-0.1, -0.05) is 6.07 Å². The number of carbonyl (C=O) groups is 1. The number of rotatable bonds is 4. The molecule has 2 aromatic carbocycles. The highest BCUT2D eigenvalue weighted by Crippen LogP contribution is 2.32. The molecule has 1 atom stereocenters. The minimum Gasteiger partial charge on any atom is -0.336 e. The van der Waals surface area contributed by atoms with Gasteiger partial charge in [-0.2, -0.15) is 4.31 Å². The monoisotopic (exact) mass is 532 g/mol. The number of nitrogens with zero attached hydrogens (tertiary/aromatic N) is 4. The fourth-order valence-electron chi connectivity index (χ4n) is 4.85. The molecule has 37 heavy (non-hydrogen) atoms. The van der Waals surface area contributed by atoms with Crippen LogP contribution in [0.1, 0.15) is 22.3 Å². The van der Waals surface area contributed by atoms with Gasteiger partial charge < -0.3 is 9.80 Å². The second kappa shape index (κ2) is 9.70. The summed E-state index contributed by atoms with van der Waals surface area (Å²) in [6, 6.07) is 8.11. The van der Waals surface area contributed by atoms with Crippen molar-refractivity contribution in [2.24, 2.45) is 0 Å². The molecule has 1 aromatic heterocycles. The lowest BCUT2D eigenvalue weighted by atomic mass is 10.0. The number of halogens is 3. The van der Waals surface area contributed by atoms with E-state index in [9.17, 15) is 17.6 Å². The second-order valence-corrected chi connectivity index (χ2v) is 11.6. The first-order valence-electron chi connectivity index (χ1n) is 12.1. The molecule has 11 heteroatoms. The molecule has 2 aliphatic heterocycles. The lowest BCUT2D eigenvalue weighted by Crippen LogP contribution is -2.47. The predicted molar refractivity (Wildman–Crippen MR) is 134 cm³/mol. The number of hydrogen-bond donors (Lipinski definition) is 0. The van der Waals surface area contributed by atoms with E-state index in [2.05, 4.69) is 9.88 Å². The van der Waals surface area contributed by atoms with Crippen LogP contribution in [0, 0.1) is 18.6 Å². The van der Waals surface area contributed by atoms with Crippen LogP contribution in [0.3, 0.4) is 0 Å². The van der Waals surface area contributed by atoms with Crippen LogP contribution < -0.4 is 0 Å². The Morgan fingerprint density at radius 3 is 2.30 bits per heavy atom. The van der Waals surface area contributed by atoms with Gasteiger partial charge in [0.25, 0.3) is 5.91 Å². The molecule has 3 aromatic rings. The first-order valence-corrected chi connectivity index (χ1v) is 13.5. The van der Waals surface area contributed by atoms with Crippen molar-refractivity contribution in [3.05, 3.63) is 59.2 Å². The smallest absolute Gasteiger partial charge is 0.254 e. The Labute approximate surface area is 213 Å². The molecule has 0 aliphatic carbocycles. The van der Waals surface area contributed by atoms with Crippen molar-refractivity contribution in [3.8, 4) is 11.3 Å². The zero-order valence-electron chi connectivity index (χ0n) is 20.5. The Bertz CT molecular complexity index is 1470. The lowest BCUT2D eigenvalue weighted by molar-refractivity contribution is 0.0664. The number of hydrogen-bond acceptors (Lipinski definition) is 5. The summed E-state index contributed by atoms with van der Waals surface area (Å²) >= 11 is 0. The van der Waals surface area contributed by atoms with Crippen molar-refractivity contribution < 1.29 is 26.4 Å². The van der Waals surface area contributed by atoms with Crippen molar-refractivity contribution in [1.82, 2.24) is 19.1 Å². The molecular formula is C26H27F3N4O3S. The second-order valence-electron chi connectivity index (χ2n) is 9.66. The summed E-state index contributed by atoms with van der Waals surface area (Å²) in [6.07, 6.45) is -1.26. The number of fused-ring (bicyclic) bond motifs is 1. The van der Waals surface area contributed by atoms with E-state index in [1.165, 1.54) is 6.07 Å². The fraction of sp³-hybridized carbons (Fsp3) is 0.385. The van der Waals surface area contributed by atoms with Crippen molar-refractivity contribution >= 4 is 26.8 Å². The summed E-state index contributed by atoms with van der Waals surface area (Å²) in [5.74, 6) is -2.32. The summed E-state index contributed by atoms with van der Waals surface area (Å²) in [5, 5.41) is 0.730. The molecule has 0 unspecified atom stereocenters. The molecular weight excluding hydrogens is 505 g/mol. The summed E-state index contributed by atoms with van der Waals surface area (Å²) in [4.78, 5) is 20.8. The number of benzene rings is 2. The van der Waals surface area contributed by atoms with Crippen molar-refractivity contribution in [2.75, 3.05) is 46.3 Å². The number of sulfonamides is 1. The average molecular weight is 533 g/mol. The van der Waals surface area contributed by atoms with Gasteiger partial charge >= 0.3 is 0 Å². The molecule has 0 radical (unpaired) electrons. The minimum atomic E-state index is -4.24. The van der Waals surface area contributed by atoms with E-state index in [1.807, 2.05) is 7.05 Å². The van der Waals surface area contributed by atoms with Crippen molar-refractivity contribution in [3.63, 3.8) is 0 Å². The maximum atomic E-state index is 15.2. The Morgan fingerprint density at radius 2 is 1.68 bits per heavy atom. The number of alkyl halides is 1. The lowest BCUT2D eigenvalue weighted by Gasteiger charge is -2.32. The number of carbonyl (C=O) groups excluding carboxylic acids is 1. The largest absolute Gasteiger partial charge is 0.336 e. The molecule has 0 N–H and O–H groups in total. The first kappa shape index (κ1) is 25.6. The zero-order chi connectivity index (χ0) is 26.5. The van der Waals surface area contributed by atoms with Crippen molar-refractivity contribution in [2.45, 2.75) is 24.4 Å². The molecule has 7 nitrogen and oxygen atoms in total. The van der Waals surface area contributed by atoms with E-state index in [4.69, 9.17) is 0 Å². The van der Waals surface area contributed by atoms with Gasteiger partial charge in [-0.25, -0.2) is 26.6 Å². The average Bonchev–Trinajstić information content (AvgIpc) is 3.30. The number of amides is 1. The molecule has 0 bridgehead atoms. The fourth-order valence-corrected chi connectivity index (χ4v) is 6.36. The number of pyridine rings is 1. The van der Waals surface area contributed by atoms with E-state index in [0.717, 1.165) is 34.9 Å². The third kappa shape index (κ3) is 4.83. The Morgan fingerprint density at radius 1 is 1.00 bits per heavy atom. The van der Waals surface area contributed by atoms with Gasteiger partial charge in [0, 0.05) is 50.2 Å². The number of aryl methyl sites for hydroxylation is 1. The highest BCUT2D eigenvalue weighted by molar-refractivity contribution is 7.89. The van der Waals surface area contributed by atoms with Crippen LogP contribution in [0.5, 0.6) is 0 Å².